The Balaban J connectivity index is 1.96. The Labute approximate surface area is 94.7 Å². The van der Waals surface area contributed by atoms with E-state index in [4.69, 9.17) is 4.74 Å². The van der Waals surface area contributed by atoms with Crippen LogP contribution in [-0.4, -0.2) is 36.5 Å². The molecule has 0 aromatic carbocycles. The van der Waals surface area contributed by atoms with Crippen LogP contribution in [0.2, 0.25) is 0 Å². The molecule has 3 heterocycles. The van der Waals surface area contributed by atoms with Crippen molar-refractivity contribution in [2.75, 3.05) is 31.7 Å². The summed E-state index contributed by atoms with van der Waals surface area (Å²) < 4.78 is 5.21. The van der Waals surface area contributed by atoms with E-state index in [1.165, 1.54) is 0 Å². The minimum Gasteiger partial charge on any atom is -0.395 e. The molecule has 0 amide bonds. The largest absolute Gasteiger partial charge is 0.395 e. The molecule has 0 saturated carbocycles. The molecule has 16 heavy (non-hydrogen) atoms. The third kappa shape index (κ3) is 1.41. The number of pyridine rings is 1. The van der Waals surface area contributed by atoms with E-state index in [2.05, 4.69) is 16.4 Å². The monoisotopic (exact) mass is 220 g/mol. The summed E-state index contributed by atoms with van der Waals surface area (Å²) in [4.78, 5) is 4.68. The van der Waals surface area contributed by atoms with E-state index in [-0.39, 0.29) is 12.0 Å². The molecular formula is C12H16N2O2. The summed E-state index contributed by atoms with van der Waals surface area (Å²) in [6.07, 6.45) is 2.16. The van der Waals surface area contributed by atoms with Gasteiger partial charge in [0.2, 0.25) is 0 Å². The average molecular weight is 220 g/mol. The average Bonchev–Trinajstić information content (AvgIpc) is 2.28. The summed E-state index contributed by atoms with van der Waals surface area (Å²) in [6, 6.07) is 4.09. The van der Waals surface area contributed by atoms with Crippen molar-refractivity contribution in [3.05, 3.63) is 23.5 Å². The lowest BCUT2D eigenvalue weighted by Crippen LogP contribution is -2.50. The minimum absolute atomic E-state index is 0.117. The molecule has 0 radical (unpaired) electrons. The van der Waals surface area contributed by atoms with Gasteiger partial charge < -0.3 is 15.2 Å². The summed E-state index contributed by atoms with van der Waals surface area (Å²) in [6.45, 7) is 2.32. The summed E-state index contributed by atoms with van der Waals surface area (Å²) >= 11 is 0. The number of ether oxygens (including phenoxy) is 1. The fraction of sp³-hybridized carbons (Fsp3) is 0.583. The molecule has 0 bridgehead atoms. The van der Waals surface area contributed by atoms with Crippen LogP contribution >= 0.6 is 0 Å². The molecule has 1 aromatic rings. The lowest BCUT2D eigenvalue weighted by atomic mass is 9.82. The van der Waals surface area contributed by atoms with Gasteiger partial charge in [-0.15, -0.1) is 0 Å². The Kier molecular flexibility index (Phi) is 2.33. The van der Waals surface area contributed by atoms with Crippen LogP contribution in [0.4, 0.5) is 5.69 Å². The van der Waals surface area contributed by atoms with Crippen LogP contribution in [0.1, 0.15) is 17.8 Å². The first-order chi connectivity index (χ1) is 7.84. The number of hydrogen-bond acceptors (Lipinski definition) is 4. The molecule has 4 nitrogen and oxygen atoms in total. The van der Waals surface area contributed by atoms with Gasteiger partial charge in [0, 0.05) is 6.54 Å². The number of fused-ring (bicyclic) bond motifs is 1. The number of hydrogen-bond donors (Lipinski definition) is 2. The van der Waals surface area contributed by atoms with Crippen molar-refractivity contribution in [2.24, 2.45) is 0 Å². The van der Waals surface area contributed by atoms with Crippen LogP contribution < -0.4 is 5.32 Å². The van der Waals surface area contributed by atoms with Crippen LogP contribution in [0.25, 0.3) is 0 Å². The van der Waals surface area contributed by atoms with Crippen molar-refractivity contribution in [3.8, 4) is 0 Å². The van der Waals surface area contributed by atoms with E-state index in [9.17, 15) is 5.11 Å². The zero-order valence-electron chi connectivity index (χ0n) is 9.20. The normalized spacial score (nSPS) is 21.8. The molecule has 0 atom stereocenters. The Morgan fingerprint density at radius 2 is 2.31 bits per heavy atom. The number of aliphatic hydroxyl groups excluding tert-OH is 1. The van der Waals surface area contributed by atoms with Crippen molar-refractivity contribution in [1.29, 1.82) is 0 Å². The molecule has 4 heteroatoms. The molecule has 1 aromatic heterocycles. The van der Waals surface area contributed by atoms with Gasteiger partial charge in [0.15, 0.2) is 0 Å². The minimum atomic E-state index is -0.244. The molecular weight excluding hydrogens is 204 g/mol. The van der Waals surface area contributed by atoms with Crippen LogP contribution in [0, 0.1) is 0 Å². The van der Waals surface area contributed by atoms with E-state index >= 15 is 0 Å². The molecule has 86 valence electrons. The van der Waals surface area contributed by atoms with E-state index in [1.807, 2.05) is 6.07 Å². The molecule has 2 aliphatic rings. The molecule has 3 rings (SSSR count). The fourth-order valence-corrected chi connectivity index (χ4v) is 2.30. The maximum absolute atomic E-state index is 9.46. The lowest BCUT2D eigenvalue weighted by molar-refractivity contribution is -0.0862. The van der Waals surface area contributed by atoms with Gasteiger partial charge in [-0.2, -0.15) is 0 Å². The standard InChI is InChI=1S/C12H16N2O2/c15-6-12(7-16-8-12)11-4-3-9-10(14-11)2-1-5-13-9/h3-4,13,15H,1-2,5-8H2. The summed E-state index contributed by atoms with van der Waals surface area (Å²) in [7, 11) is 0. The number of anilines is 1. The number of aliphatic hydroxyl groups is 1. The SMILES string of the molecule is OCC1(c2ccc3c(n2)CCCN3)COC1. The number of aromatic nitrogens is 1. The van der Waals surface area contributed by atoms with Gasteiger partial charge in [-0.25, -0.2) is 0 Å². The van der Waals surface area contributed by atoms with Gasteiger partial charge in [0.25, 0.3) is 0 Å². The topological polar surface area (TPSA) is 54.4 Å². The smallest absolute Gasteiger partial charge is 0.0822 e. The first-order valence-corrected chi connectivity index (χ1v) is 5.77. The van der Waals surface area contributed by atoms with Crippen LogP contribution in [0.3, 0.4) is 0 Å². The fourth-order valence-electron chi connectivity index (χ4n) is 2.30. The summed E-state index contributed by atoms with van der Waals surface area (Å²) in [5.74, 6) is 0. The Bertz CT molecular complexity index is 396. The summed E-state index contributed by atoms with van der Waals surface area (Å²) in [5.41, 5.74) is 3.00. The zero-order chi connectivity index (χ0) is 11.0. The van der Waals surface area contributed by atoms with Gasteiger partial charge in [-0.1, -0.05) is 0 Å². The second-order valence-corrected chi connectivity index (χ2v) is 4.65. The van der Waals surface area contributed by atoms with Gasteiger partial charge in [-0.05, 0) is 25.0 Å². The second kappa shape index (κ2) is 3.71. The highest BCUT2D eigenvalue weighted by Crippen LogP contribution is 2.32. The Hall–Kier alpha value is -1.13. The highest BCUT2D eigenvalue weighted by molar-refractivity contribution is 5.51. The first kappa shape index (κ1) is 10.1. The molecule has 2 N–H and O–H groups in total. The van der Waals surface area contributed by atoms with Crippen LogP contribution in [0.5, 0.6) is 0 Å². The maximum Gasteiger partial charge on any atom is 0.0822 e. The quantitative estimate of drug-likeness (QED) is 0.770. The predicted octanol–water partition coefficient (Wildman–Crippen LogP) is 0.700. The Morgan fingerprint density at radius 3 is 3.00 bits per heavy atom. The molecule has 1 saturated heterocycles. The van der Waals surface area contributed by atoms with Crippen LogP contribution in [0.15, 0.2) is 12.1 Å². The van der Waals surface area contributed by atoms with Crippen molar-refractivity contribution in [2.45, 2.75) is 18.3 Å². The van der Waals surface area contributed by atoms with Gasteiger partial charge in [-0.3, -0.25) is 4.98 Å². The summed E-state index contributed by atoms with van der Waals surface area (Å²) in [5, 5.41) is 12.8. The highest BCUT2D eigenvalue weighted by atomic mass is 16.5. The van der Waals surface area contributed by atoms with Crippen molar-refractivity contribution < 1.29 is 9.84 Å². The molecule has 0 unspecified atom stereocenters. The van der Waals surface area contributed by atoms with E-state index in [0.29, 0.717) is 13.2 Å². The van der Waals surface area contributed by atoms with Crippen molar-refractivity contribution >= 4 is 5.69 Å². The predicted molar refractivity (Wildman–Crippen MR) is 60.6 cm³/mol. The molecule has 0 aliphatic carbocycles. The number of nitrogens with one attached hydrogen (secondary N) is 1. The van der Waals surface area contributed by atoms with E-state index < -0.39 is 0 Å². The highest BCUT2D eigenvalue weighted by Gasteiger charge is 2.41. The number of aryl methyl sites for hydroxylation is 1. The number of rotatable bonds is 2. The zero-order valence-corrected chi connectivity index (χ0v) is 9.20. The lowest BCUT2D eigenvalue weighted by Gasteiger charge is -2.39. The second-order valence-electron chi connectivity index (χ2n) is 4.65. The van der Waals surface area contributed by atoms with Crippen molar-refractivity contribution in [1.82, 2.24) is 4.98 Å². The number of nitrogens with zero attached hydrogens (tertiary/aromatic N) is 1. The first-order valence-electron chi connectivity index (χ1n) is 5.77. The van der Waals surface area contributed by atoms with Crippen LogP contribution in [-0.2, 0) is 16.6 Å². The van der Waals surface area contributed by atoms with E-state index in [1.54, 1.807) is 0 Å². The maximum atomic E-state index is 9.46. The molecule has 0 spiro atoms. The van der Waals surface area contributed by atoms with Gasteiger partial charge in [0.05, 0.1) is 42.3 Å². The third-order valence-electron chi connectivity index (χ3n) is 3.48. The van der Waals surface area contributed by atoms with E-state index in [0.717, 1.165) is 36.5 Å². The Morgan fingerprint density at radius 1 is 1.44 bits per heavy atom. The third-order valence-corrected chi connectivity index (χ3v) is 3.48. The van der Waals surface area contributed by atoms with Gasteiger partial charge in [0.1, 0.15) is 0 Å². The van der Waals surface area contributed by atoms with Crippen molar-refractivity contribution in [3.63, 3.8) is 0 Å². The van der Waals surface area contributed by atoms with Gasteiger partial charge >= 0.3 is 0 Å². The molecule has 1 fully saturated rings. The molecule has 2 aliphatic heterocycles.